The zero-order chi connectivity index (χ0) is 14.8. The van der Waals surface area contributed by atoms with E-state index in [1.807, 2.05) is 49.4 Å². The van der Waals surface area contributed by atoms with Gasteiger partial charge in [0.15, 0.2) is 11.5 Å². The maximum atomic E-state index is 12.2. The van der Waals surface area contributed by atoms with E-state index in [0.717, 1.165) is 20.6 Å². The molecule has 1 aliphatic heterocycles. The Morgan fingerprint density at radius 2 is 2.00 bits per heavy atom. The number of amides is 1. The van der Waals surface area contributed by atoms with Crippen LogP contribution in [0.1, 0.15) is 28.9 Å². The minimum absolute atomic E-state index is 0.0846. The lowest BCUT2D eigenvalue weighted by Gasteiger charge is -2.15. The first-order valence-corrected chi connectivity index (χ1v) is 7.67. The lowest BCUT2D eigenvalue weighted by atomic mass is 10.1. The molecule has 3 rings (SSSR count). The van der Waals surface area contributed by atoms with Crippen molar-refractivity contribution in [1.82, 2.24) is 5.32 Å². The van der Waals surface area contributed by atoms with E-state index in [1.165, 1.54) is 0 Å². The van der Waals surface area contributed by atoms with Crippen molar-refractivity contribution >= 4 is 28.5 Å². The molecule has 0 bridgehead atoms. The molecule has 4 nitrogen and oxygen atoms in total. The number of carbonyl (C=O) groups is 1. The summed E-state index contributed by atoms with van der Waals surface area (Å²) in [6.07, 6.45) is 0. The Bertz CT molecular complexity index is 687. The minimum Gasteiger partial charge on any atom is -0.454 e. The average Bonchev–Trinajstić information content (AvgIpc) is 2.94. The number of hydrogen-bond donors (Lipinski definition) is 1. The van der Waals surface area contributed by atoms with Crippen LogP contribution in [0.3, 0.4) is 0 Å². The van der Waals surface area contributed by atoms with Crippen LogP contribution in [-0.4, -0.2) is 12.7 Å². The molecule has 1 aliphatic rings. The summed E-state index contributed by atoms with van der Waals surface area (Å²) in [6.45, 7) is 2.20. The highest BCUT2D eigenvalue weighted by Crippen LogP contribution is 2.34. The highest BCUT2D eigenvalue weighted by Gasteiger charge is 2.17. The molecule has 0 saturated heterocycles. The highest BCUT2D eigenvalue weighted by atomic mass is 127. The van der Waals surface area contributed by atoms with E-state index in [4.69, 9.17) is 9.47 Å². The number of hydrogen-bond acceptors (Lipinski definition) is 3. The van der Waals surface area contributed by atoms with Crippen molar-refractivity contribution in [2.24, 2.45) is 0 Å². The van der Waals surface area contributed by atoms with E-state index >= 15 is 0 Å². The van der Waals surface area contributed by atoms with E-state index in [9.17, 15) is 4.79 Å². The minimum atomic E-state index is -0.107. The van der Waals surface area contributed by atoms with Gasteiger partial charge in [-0.2, -0.15) is 0 Å². The fraction of sp³-hybridized carbons (Fsp3) is 0.188. The van der Waals surface area contributed by atoms with Crippen molar-refractivity contribution in [3.63, 3.8) is 0 Å². The largest absolute Gasteiger partial charge is 0.454 e. The standard InChI is InChI=1S/C16H14INO3/c1-10(11-5-6-14-15(8-11)21-9-20-14)18-16(19)12-3-2-4-13(17)7-12/h2-8,10H,9H2,1H3,(H,18,19). The van der Waals surface area contributed by atoms with Gasteiger partial charge in [0.1, 0.15) is 0 Å². The van der Waals surface area contributed by atoms with E-state index in [2.05, 4.69) is 27.9 Å². The van der Waals surface area contributed by atoms with E-state index < -0.39 is 0 Å². The normalized spacial score (nSPS) is 13.8. The van der Waals surface area contributed by atoms with Crippen molar-refractivity contribution in [2.75, 3.05) is 6.79 Å². The molecule has 1 unspecified atom stereocenters. The molecule has 0 aliphatic carbocycles. The Kier molecular flexibility index (Phi) is 4.01. The second-order valence-electron chi connectivity index (χ2n) is 4.82. The lowest BCUT2D eigenvalue weighted by molar-refractivity contribution is 0.0939. The second kappa shape index (κ2) is 5.93. The molecule has 2 aromatic carbocycles. The van der Waals surface area contributed by atoms with E-state index in [0.29, 0.717) is 5.56 Å². The Morgan fingerprint density at radius 3 is 2.81 bits per heavy atom. The SMILES string of the molecule is CC(NC(=O)c1cccc(I)c1)c1ccc2c(c1)OCO2. The molecule has 1 N–H and O–H groups in total. The molecule has 0 radical (unpaired) electrons. The zero-order valence-electron chi connectivity index (χ0n) is 11.4. The predicted octanol–water partition coefficient (Wildman–Crippen LogP) is 3.51. The van der Waals surface area contributed by atoms with Crippen LogP contribution in [0.15, 0.2) is 42.5 Å². The topological polar surface area (TPSA) is 47.6 Å². The third-order valence-corrected chi connectivity index (χ3v) is 4.00. The molecular weight excluding hydrogens is 381 g/mol. The Morgan fingerprint density at radius 1 is 1.19 bits per heavy atom. The van der Waals surface area contributed by atoms with Crippen LogP contribution >= 0.6 is 22.6 Å². The molecule has 0 fully saturated rings. The van der Waals surface area contributed by atoms with Gasteiger partial charge < -0.3 is 14.8 Å². The third kappa shape index (κ3) is 3.12. The number of fused-ring (bicyclic) bond motifs is 1. The molecule has 21 heavy (non-hydrogen) atoms. The fourth-order valence-corrected chi connectivity index (χ4v) is 2.72. The number of benzene rings is 2. The summed E-state index contributed by atoms with van der Waals surface area (Å²) >= 11 is 2.19. The van der Waals surface area contributed by atoms with E-state index in [1.54, 1.807) is 0 Å². The number of carbonyl (C=O) groups excluding carboxylic acids is 1. The van der Waals surface area contributed by atoms with Gasteiger partial charge in [-0.25, -0.2) is 0 Å². The van der Waals surface area contributed by atoms with E-state index in [-0.39, 0.29) is 18.7 Å². The maximum Gasteiger partial charge on any atom is 0.251 e. The second-order valence-corrected chi connectivity index (χ2v) is 6.06. The molecule has 0 aromatic heterocycles. The first-order chi connectivity index (χ1) is 10.1. The zero-order valence-corrected chi connectivity index (χ0v) is 13.6. The summed E-state index contributed by atoms with van der Waals surface area (Å²) in [6, 6.07) is 13.1. The monoisotopic (exact) mass is 395 g/mol. The van der Waals surface area contributed by atoms with Gasteiger partial charge in [0.25, 0.3) is 5.91 Å². The summed E-state index contributed by atoms with van der Waals surface area (Å²) < 4.78 is 11.7. The quantitative estimate of drug-likeness (QED) is 0.810. The molecule has 1 amide bonds. The fourth-order valence-electron chi connectivity index (χ4n) is 2.18. The molecule has 1 atom stereocenters. The summed E-state index contributed by atoms with van der Waals surface area (Å²) in [7, 11) is 0. The first-order valence-electron chi connectivity index (χ1n) is 6.59. The van der Waals surface area contributed by atoms with Crippen molar-refractivity contribution in [2.45, 2.75) is 13.0 Å². The van der Waals surface area contributed by atoms with Crippen molar-refractivity contribution in [3.05, 3.63) is 57.2 Å². The van der Waals surface area contributed by atoms with Gasteiger partial charge >= 0.3 is 0 Å². The van der Waals surface area contributed by atoms with Gasteiger partial charge in [0, 0.05) is 9.13 Å². The Labute approximate surface area is 136 Å². The van der Waals surface area contributed by atoms with Crippen LogP contribution in [0.25, 0.3) is 0 Å². The summed E-state index contributed by atoms with van der Waals surface area (Å²) in [4.78, 5) is 12.2. The molecule has 108 valence electrons. The van der Waals surface area contributed by atoms with Crippen LogP contribution in [0, 0.1) is 3.57 Å². The predicted molar refractivity (Wildman–Crippen MR) is 87.6 cm³/mol. The van der Waals surface area contributed by atoms with Gasteiger partial charge in [-0.15, -0.1) is 0 Å². The van der Waals surface area contributed by atoms with Crippen molar-refractivity contribution in [1.29, 1.82) is 0 Å². The molecular formula is C16H14INO3. The van der Waals surface area contributed by atoms with Crippen molar-refractivity contribution in [3.8, 4) is 11.5 Å². The first kappa shape index (κ1) is 14.2. The van der Waals surface area contributed by atoms with Crippen LogP contribution in [0.4, 0.5) is 0 Å². The Hall–Kier alpha value is -1.76. The molecule has 0 spiro atoms. The van der Waals surface area contributed by atoms with Gasteiger partial charge in [-0.3, -0.25) is 4.79 Å². The molecule has 1 heterocycles. The molecule has 2 aromatic rings. The highest BCUT2D eigenvalue weighted by molar-refractivity contribution is 14.1. The van der Waals surface area contributed by atoms with Gasteiger partial charge in [-0.1, -0.05) is 12.1 Å². The number of ether oxygens (including phenoxy) is 2. The van der Waals surface area contributed by atoms with Crippen LogP contribution < -0.4 is 14.8 Å². The smallest absolute Gasteiger partial charge is 0.251 e. The lowest BCUT2D eigenvalue weighted by Crippen LogP contribution is -2.26. The van der Waals surface area contributed by atoms with Crippen LogP contribution in [0.2, 0.25) is 0 Å². The average molecular weight is 395 g/mol. The van der Waals surface area contributed by atoms with Gasteiger partial charge in [0.2, 0.25) is 6.79 Å². The van der Waals surface area contributed by atoms with Gasteiger partial charge in [-0.05, 0) is 65.4 Å². The summed E-state index contributed by atoms with van der Waals surface area (Å²) in [5.41, 5.74) is 1.65. The summed E-state index contributed by atoms with van der Waals surface area (Å²) in [5, 5.41) is 2.99. The molecule has 0 saturated carbocycles. The number of halogens is 1. The molecule has 5 heteroatoms. The third-order valence-electron chi connectivity index (χ3n) is 3.33. The van der Waals surface area contributed by atoms with Gasteiger partial charge in [0.05, 0.1) is 6.04 Å². The Balaban J connectivity index is 1.74. The van der Waals surface area contributed by atoms with Crippen molar-refractivity contribution < 1.29 is 14.3 Å². The van der Waals surface area contributed by atoms with Crippen LogP contribution in [0.5, 0.6) is 11.5 Å². The maximum absolute atomic E-state index is 12.2. The summed E-state index contributed by atoms with van der Waals surface area (Å²) in [5.74, 6) is 1.39. The van der Waals surface area contributed by atoms with Crippen LogP contribution in [-0.2, 0) is 0 Å². The number of rotatable bonds is 3. The number of nitrogens with one attached hydrogen (secondary N) is 1.